The van der Waals surface area contributed by atoms with Crippen molar-refractivity contribution in [3.8, 4) is 5.75 Å². The highest BCUT2D eigenvalue weighted by atomic mass is 127. The highest BCUT2D eigenvalue weighted by Gasteiger charge is 2.10. The summed E-state index contributed by atoms with van der Waals surface area (Å²) >= 11 is 2.22. The van der Waals surface area contributed by atoms with Crippen LogP contribution in [-0.4, -0.2) is 59.0 Å². The number of aromatic nitrogens is 3. The van der Waals surface area contributed by atoms with Gasteiger partial charge in [0, 0.05) is 19.6 Å². The minimum atomic E-state index is 0.658. The van der Waals surface area contributed by atoms with Crippen LogP contribution in [0.15, 0.2) is 18.6 Å². The third-order valence-electron chi connectivity index (χ3n) is 3.07. The topological polar surface area (TPSA) is 51.9 Å². The highest BCUT2D eigenvalue weighted by molar-refractivity contribution is 14.1. The molecule has 19 heavy (non-hydrogen) atoms. The van der Waals surface area contributed by atoms with Crippen molar-refractivity contribution < 1.29 is 9.47 Å². The molecule has 1 saturated heterocycles. The van der Waals surface area contributed by atoms with E-state index < -0.39 is 0 Å². The van der Waals surface area contributed by atoms with Crippen LogP contribution in [0.25, 0.3) is 5.65 Å². The van der Waals surface area contributed by atoms with Crippen molar-refractivity contribution >= 4 is 28.2 Å². The minimum absolute atomic E-state index is 0.658. The largest absolute Gasteiger partial charge is 0.489 e. The van der Waals surface area contributed by atoms with Gasteiger partial charge in [0.15, 0.2) is 11.4 Å². The quantitative estimate of drug-likeness (QED) is 0.749. The molecule has 6 nitrogen and oxygen atoms in total. The molecule has 0 saturated carbocycles. The van der Waals surface area contributed by atoms with Gasteiger partial charge in [-0.05, 0) is 22.6 Å². The maximum atomic E-state index is 5.72. The summed E-state index contributed by atoms with van der Waals surface area (Å²) < 4.78 is 13.8. The maximum absolute atomic E-state index is 5.72. The zero-order valence-corrected chi connectivity index (χ0v) is 12.6. The van der Waals surface area contributed by atoms with Gasteiger partial charge in [0.25, 0.3) is 0 Å². The SMILES string of the molecule is Ic1cnn2cc(OCCN3CCOCC3)cnc12. The minimum Gasteiger partial charge on any atom is -0.489 e. The molecule has 0 spiro atoms. The molecule has 0 aliphatic carbocycles. The first-order valence-electron chi connectivity index (χ1n) is 6.25. The predicted molar refractivity (Wildman–Crippen MR) is 78.5 cm³/mol. The third kappa shape index (κ3) is 3.15. The van der Waals surface area contributed by atoms with Gasteiger partial charge < -0.3 is 9.47 Å². The maximum Gasteiger partial charge on any atom is 0.168 e. The molecule has 3 heterocycles. The molecular weight excluding hydrogens is 359 g/mol. The summed E-state index contributed by atoms with van der Waals surface area (Å²) in [6, 6.07) is 0. The van der Waals surface area contributed by atoms with Crippen LogP contribution in [0.4, 0.5) is 0 Å². The Morgan fingerprint density at radius 1 is 1.32 bits per heavy atom. The van der Waals surface area contributed by atoms with Crippen molar-refractivity contribution in [3.05, 3.63) is 22.2 Å². The van der Waals surface area contributed by atoms with Crippen LogP contribution in [0.2, 0.25) is 0 Å². The summed E-state index contributed by atoms with van der Waals surface area (Å²) in [6.07, 6.45) is 5.41. The number of hydrogen-bond donors (Lipinski definition) is 0. The smallest absolute Gasteiger partial charge is 0.168 e. The normalized spacial score (nSPS) is 16.9. The van der Waals surface area contributed by atoms with E-state index in [4.69, 9.17) is 9.47 Å². The van der Waals surface area contributed by atoms with Crippen LogP contribution in [0.1, 0.15) is 0 Å². The Bertz CT molecular complexity index is 554. The van der Waals surface area contributed by atoms with E-state index in [2.05, 4.69) is 37.6 Å². The number of ether oxygens (including phenoxy) is 2. The molecule has 3 rings (SSSR count). The molecule has 0 N–H and O–H groups in total. The van der Waals surface area contributed by atoms with Crippen molar-refractivity contribution in [3.63, 3.8) is 0 Å². The highest BCUT2D eigenvalue weighted by Crippen LogP contribution is 2.14. The Morgan fingerprint density at radius 2 is 2.16 bits per heavy atom. The number of nitrogens with zero attached hydrogens (tertiary/aromatic N) is 4. The van der Waals surface area contributed by atoms with E-state index in [0.717, 1.165) is 47.8 Å². The molecule has 0 amide bonds. The summed E-state index contributed by atoms with van der Waals surface area (Å²) in [5.41, 5.74) is 0.862. The first-order chi connectivity index (χ1) is 9.33. The Labute approximate surface area is 124 Å². The summed E-state index contributed by atoms with van der Waals surface area (Å²) in [6.45, 7) is 5.18. The van der Waals surface area contributed by atoms with Gasteiger partial charge in [0.05, 0.1) is 35.4 Å². The standard InChI is InChI=1S/C12H15IN4O2/c13-11-8-15-17-9-10(7-14-12(11)17)19-6-3-16-1-4-18-5-2-16/h7-9H,1-6H2. The molecule has 102 valence electrons. The Kier molecular flexibility index (Phi) is 4.14. The van der Waals surface area contributed by atoms with Gasteiger partial charge in [0.1, 0.15) is 6.61 Å². The fourth-order valence-electron chi connectivity index (χ4n) is 2.02. The van der Waals surface area contributed by atoms with E-state index in [1.165, 1.54) is 0 Å². The molecule has 0 radical (unpaired) electrons. The lowest BCUT2D eigenvalue weighted by Crippen LogP contribution is -2.38. The van der Waals surface area contributed by atoms with Gasteiger partial charge in [-0.1, -0.05) is 0 Å². The molecule has 0 unspecified atom stereocenters. The zero-order valence-electron chi connectivity index (χ0n) is 10.5. The van der Waals surface area contributed by atoms with Crippen LogP contribution in [0, 0.1) is 3.57 Å². The van der Waals surface area contributed by atoms with E-state index >= 15 is 0 Å². The summed E-state index contributed by atoms with van der Waals surface area (Å²) in [5, 5.41) is 4.22. The number of morpholine rings is 1. The number of halogens is 1. The molecule has 0 atom stereocenters. The lowest BCUT2D eigenvalue weighted by atomic mass is 10.4. The third-order valence-corrected chi connectivity index (χ3v) is 3.83. The molecule has 2 aromatic heterocycles. The van der Waals surface area contributed by atoms with Crippen LogP contribution in [0.5, 0.6) is 5.75 Å². The summed E-state index contributed by atoms with van der Waals surface area (Å²) in [4.78, 5) is 6.68. The molecular formula is C12H15IN4O2. The van der Waals surface area contributed by atoms with Crippen molar-refractivity contribution in [2.45, 2.75) is 0 Å². The van der Waals surface area contributed by atoms with E-state index in [1.807, 2.05) is 6.20 Å². The van der Waals surface area contributed by atoms with Gasteiger partial charge in [-0.3, -0.25) is 4.90 Å². The van der Waals surface area contributed by atoms with Crippen LogP contribution < -0.4 is 4.74 Å². The summed E-state index contributed by atoms with van der Waals surface area (Å²) in [5.74, 6) is 0.750. The number of fused-ring (bicyclic) bond motifs is 1. The lowest BCUT2D eigenvalue weighted by molar-refractivity contribution is 0.0322. The molecule has 1 aliphatic heterocycles. The van der Waals surface area contributed by atoms with Crippen molar-refractivity contribution in [2.24, 2.45) is 0 Å². The summed E-state index contributed by atoms with van der Waals surface area (Å²) in [7, 11) is 0. The Balaban J connectivity index is 1.56. The average Bonchev–Trinajstić information content (AvgIpc) is 2.81. The first-order valence-corrected chi connectivity index (χ1v) is 7.32. The second kappa shape index (κ2) is 6.02. The molecule has 0 bridgehead atoms. The lowest BCUT2D eigenvalue weighted by Gasteiger charge is -2.26. The van der Waals surface area contributed by atoms with Gasteiger partial charge in [0.2, 0.25) is 0 Å². The Morgan fingerprint density at radius 3 is 3.00 bits per heavy atom. The second-order valence-corrected chi connectivity index (χ2v) is 5.52. The number of rotatable bonds is 4. The number of hydrogen-bond acceptors (Lipinski definition) is 5. The zero-order chi connectivity index (χ0) is 13.1. The molecule has 0 aromatic carbocycles. The van der Waals surface area contributed by atoms with E-state index in [1.54, 1.807) is 16.9 Å². The van der Waals surface area contributed by atoms with E-state index in [0.29, 0.717) is 6.61 Å². The van der Waals surface area contributed by atoms with Crippen LogP contribution in [0.3, 0.4) is 0 Å². The second-order valence-electron chi connectivity index (χ2n) is 4.35. The monoisotopic (exact) mass is 374 g/mol. The van der Waals surface area contributed by atoms with Crippen molar-refractivity contribution in [2.75, 3.05) is 39.5 Å². The van der Waals surface area contributed by atoms with Crippen molar-refractivity contribution in [1.82, 2.24) is 19.5 Å². The Hall–Kier alpha value is -0.930. The average molecular weight is 374 g/mol. The van der Waals surface area contributed by atoms with E-state index in [9.17, 15) is 0 Å². The van der Waals surface area contributed by atoms with Crippen LogP contribution in [-0.2, 0) is 4.74 Å². The van der Waals surface area contributed by atoms with Crippen molar-refractivity contribution in [1.29, 1.82) is 0 Å². The fraction of sp³-hybridized carbons (Fsp3) is 0.500. The molecule has 1 aliphatic rings. The predicted octanol–water partition coefficient (Wildman–Crippen LogP) is 1.04. The molecule has 1 fully saturated rings. The van der Waals surface area contributed by atoms with E-state index in [-0.39, 0.29) is 0 Å². The van der Waals surface area contributed by atoms with Gasteiger partial charge in [-0.15, -0.1) is 0 Å². The van der Waals surface area contributed by atoms with Gasteiger partial charge in [-0.2, -0.15) is 5.10 Å². The first kappa shape index (κ1) is 13.1. The fourth-order valence-corrected chi connectivity index (χ4v) is 2.53. The molecule has 2 aromatic rings. The van der Waals surface area contributed by atoms with Gasteiger partial charge >= 0.3 is 0 Å². The van der Waals surface area contributed by atoms with Crippen LogP contribution >= 0.6 is 22.6 Å². The molecule has 7 heteroatoms. The van der Waals surface area contributed by atoms with Gasteiger partial charge in [-0.25, -0.2) is 9.50 Å².